The largest absolute Gasteiger partial charge is 0.496 e. The van der Waals surface area contributed by atoms with Gasteiger partial charge in [-0.05, 0) is 25.5 Å². The minimum atomic E-state index is -0.938. The fourth-order valence-corrected chi connectivity index (χ4v) is 1.85. The zero-order valence-electron chi connectivity index (χ0n) is 12.5. The quantitative estimate of drug-likeness (QED) is 0.612. The van der Waals surface area contributed by atoms with Gasteiger partial charge in [0, 0.05) is 5.69 Å². The predicted octanol–water partition coefficient (Wildman–Crippen LogP) is 2.17. The Labute approximate surface area is 124 Å². The molecule has 1 aromatic rings. The number of carbonyl (C=O) groups is 2. The topological polar surface area (TPSA) is 87.9 Å². The first-order valence-corrected chi connectivity index (χ1v) is 6.85. The second kappa shape index (κ2) is 8.14. The SMILES string of the molecule is CCCC(OC(=O)c1c(N)cccc1OC)C(=O)OCC. The van der Waals surface area contributed by atoms with Crippen LogP contribution in [0.2, 0.25) is 0 Å². The van der Waals surface area contributed by atoms with E-state index in [1.165, 1.54) is 7.11 Å². The molecular formula is C15H21NO5. The van der Waals surface area contributed by atoms with Crippen molar-refractivity contribution in [3.8, 4) is 5.75 Å². The highest BCUT2D eigenvalue weighted by Gasteiger charge is 2.26. The average Bonchev–Trinajstić information content (AvgIpc) is 2.46. The molecule has 0 spiro atoms. The Morgan fingerprint density at radius 1 is 1.29 bits per heavy atom. The van der Waals surface area contributed by atoms with Crippen LogP contribution in [0.1, 0.15) is 37.0 Å². The maximum atomic E-state index is 12.2. The summed E-state index contributed by atoms with van der Waals surface area (Å²) in [6, 6.07) is 4.84. The van der Waals surface area contributed by atoms with Crippen LogP contribution in [0, 0.1) is 0 Å². The zero-order chi connectivity index (χ0) is 15.8. The van der Waals surface area contributed by atoms with Crippen molar-refractivity contribution in [1.29, 1.82) is 0 Å². The van der Waals surface area contributed by atoms with Gasteiger partial charge in [0.05, 0.1) is 13.7 Å². The maximum absolute atomic E-state index is 12.2. The third-order valence-electron chi connectivity index (χ3n) is 2.83. The Kier molecular flexibility index (Phi) is 6.52. The van der Waals surface area contributed by atoms with Crippen molar-refractivity contribution in [1.82, 2.24) is 0 Å². The van der Waals surface area contributed by atoms with Crippen LogP contribution >= 0.6 is 0 Å². The van der Waals surface area contributed by atoms with Crippen molar-refractivity contribution in [2.24, 2.45) is 0 Å². The maximum Gasteiger partial charge on any atom is 0.347 e. The lowest BCUT2D eigenvalue weighted by Crippen LogP contribution is -2.29. The molecule has 0 heterocycles. The summed E-state index contributed by atoms with van der Waals surface area (Å²) in [5.74, 6) is -0.947. The van der Waals surface area contributed by atoms with Gasteiger partial charge in [0.15, 0.2) is 6.10 Å². The third kappa shape index (κ3) is 4.37. The van der Waals surface area contributed by atoms with Crippen LogP contribution in [0.3, 0.4) is 0 Å². The Morgan fingerprint density at radius 3 is 2.57 bits per heavy atom. The molecule has 6 heteroatoms. The van der Waals surface area contributed by atoms with E-state index < -0.39 is 18.0 Å². The van der Waals surface area contributed by atoms with E-state index >= 15 is 0 Å². The van der Waals surface area contributed by atoms with E-state index in [9.17, 15) is 9.59 Å². The molecule has 0 saturated heterocycles. The van der Waals surface area contributed by atoms with E-state index in [2.05, 4.69) is 0 Å². The van der Waals surface area contributed by atoms with Gasteiger partial charge >= 0.3 is 11.9 Å². The van der Waals surface area contributed by atoms with E-state index in [-0.39, 0.29) is 17.9 Å². The molecule has 0 radical (unpaired) electrons. The summed E-state index contributed by atoms with van der Waals surface area (Å²) in [6.45, 7) is 3.81. The lowest BCUT2D eigenvalue weighted by Gasteiger charge is -2.17. The first kappa shape index (κ1) is 16.8. The third-order valence-corrected chi connectivity index (χ3v) is 2.83. The standard InChI is InChI=1S/C15H21NO5/c1-4-7-12(14(17)20-5-2)21-15(18)13-10(16)8-6-9-11(13)19-3/h6,8-9,12H,4-5,7,16H2,1-3H3. The Hall–Kier alpha value is -2.24. The first-order valence-electron chi connectivity index (χ1n) is 6.85. The summed E-state index contributed by atoms with van der Waals surface area (Å²) >= 11 is 0. The smallest absolute Gasteiger partial charge is 0.347 e. The molecule has 0 saturated carbocycles. The molecule has 6 nitrogen and oxygen atoms in total. The number of esters is 2. The van der Waals surface area contributed by atoms with E-state index in [1.807, 2.05) is 6.92 Å². The van der Waals surface area contributed by atoms with Gasteiger partial charge in [0.25, 0.3) is 0 Å². The minimum Gasteiger partial charge on any atom is -0.496 e. The summed E-state index contributed by atoms with van der Waals surface area (Å²) in [4.78, 5) is 24.0. The van der Waals surface area contributed by atoms with Gasteiger partial charge in [-0.2, -0.15) is 0 Å². The van der Waals surface area contributed by atoms with E-state index in [0.29, 0.717) is 18.6 Å². The molecule has 0 bridgehead atoms. The van der Waals surface area contributed by atoms with Crippen LogP contribution in [0.4, 0.5) is 5.69 Å². The number of rotatable bonds is 7. The van der Waals surface area contributed by atoms with Crippen molar-refractivity contribution in [3.63, 3.8) is 0 Å². The first-order chi connectivity index (χ1) is 10.0. The Bertz CT molecular complexity index is 501. The molecule has 21 heavy (non-hydrogen) atoms. The summed E-state index contributed by atoms with van der Waals surface area (Å²) in [6.07, 6.45) is 0.129. The van der Waals surface area contributed by atoms with Crippen LogP contribution in [0.25, 0.3) is 0 Å². The number of methoxy groups -OCH3 is 1. The number of hydrogen-bond acceptors (Lipinski definition) is 6. The second-order valence-electron chi connectivity index (χ2n) is 4.36. The zero-order valence-corrected chi connectivity index (χ0v) is 12.5. The number of hydrogen-bond donors (Lipinski definition) is 1. The monoisotopic (exact) mass is 295 g/mol. The lowest BCUT2D eigenvalue weighted by molar-refractivity contribution is -0.153. The second-order valence-corrected chi connectivity index (χ2v) is 4.36. The van der Waals surface area contributed by atoms with Crippen molar-refractivity contribution >= 4 is 17.6 Å². The van der Waals surface area contributed by atoms with Crippen molar-refractivity contribution in [2.45, 2.75) is 32.8 Å². The van der Waals surface area contributed by atoms with E-state index in [1.54, 1.807) is 25.1 Å². The molecule has 116 valence electrons. The molecule has 2 N–H and O–H groups in total. The summed E-state index contributed by atoms with van der Waals surface area (Å²) in [5, 5.41) is 0. The van der Waals surface area contributed by atoms with Gasteiger partial charge in [0.2, 0.25) is 0 Å². The summed E-state index contributed by atoms with van der Waals surface area (Å²) < 4.78 is 15.2. The highest BCUT2D eigenvalue weighted by Crippen LogP contribution is 2.25. The molecule has 0 aliphatic rings. The molecule has 0 aliphatic carbocycles. The van der Waals surface area contributed by atoms with E-state index in [4.69, 9.17) is 19.9 Å². The predicted molar refractivity (Wildman–Crippen MR) is 78.2 cm³/mol. The van der Waals surface area contributed by atoms with Crippen LogP contribution in [-0.4, -0.2) is 31.8 Å². The number of ether oxygens (including phenoxy) is 3. The highest BCUT2D eigenvalue weighted by molar-refractivity contribution is 5.99. The molecule has 0 aliphatic heterocycles. The van der Waals surface area contributed by atoms with Gasteiger partial charge in [-0.1, -0.05) is 19.4 Å². The minimum absolute atomic E-state index is 0.116. The Balaban J connectivity index is 2.94. The molecule has 0 amide bonds. The summed E-state index contributed by atoms with van der Waals surface area (Å²) in [7, 11) is 1.43. The molecule has 0 aromatic heterocycles. The van der Waals surface area contributed by atoms with Crippen molar-refractivity contribution in [3.05, 3.63) is 23.8 Å². The molecule has 1 aromatic carbocycles. The Morgan fingerprint density at radius 2 is 2.00 bits per heavy atom. The van der Waals surface area contributed by atoms with Gasteiger partial charge in [-0.3, -0.25) is 0 Å². The molecule has 1 rings (SSSR count). The molecule has 1 atom stereocenters. The fourth-order valence-electron chi connectivity index (χ4n) is 1.85. The molecule has 0 fully saturated rings. The van der Waals surface area contributed by atoms with Gasteiger partial charge in [-0.25, -0.2) is 9.59 Å². The van der Waals surface area contributed by atoms with Gasteiger partial charge < -0.3 is 19.9 Å². The van der Waals surface area contributed by atoms with Crippen molar-refractivity contribution < 1.29 is 23.8 Å². The normalized spacial score (nSPS) is 11.6. The molecular weight excluding hydrogens is 274 g/mol. The van der Waals surface area contributed by atoms with E-state index in [0.717, 1.165) is 0 Å². The number of anilines is 1. The van der Waals surface area contributed by atoms with Crippen LogP contribution in [-0.2, 0) is 14.3 Å². The van der Waals surface area contributed by atoms with Crippen molar-refractivity contribution in [2.75, 3.05) is 19.5 Å². The summed E-state index contributed by atoms with van der Waals surface area (Å²) in [5.41, 5.74) is 6.14. The molecule has 1 unspecified atom stereocenters. The average molecular weight is 295 g/mol. The van der Waals surface area contributed by atoms with Gasteiger partial charge in [0.1, 0.15) is 11.3 Å². The van der Waals surface area contributed by atoms with Gasteiger partial charge in [-0.15, -0.1) is 0 Å². The van der Waals surface area contributed by atoms with Crippen LogP contribution in [0.15, 0.2) is 18.2 Å². The van der Waals surface area contributed by atoms with Crippen LogP contribution in [0.5, 0.6) is 5.75 Å². The fraction of sp³-hybridized carbons (Fsp3) is 0.467. The number of benzene rings is 1. The number of nitrogens with two attached hydrogens (primary N) is 1. The number of carbonyl (C=O) groups excluding carboxylic acids is 2. The van der Waals surface area contributed by atoms with Crippen LogP contribution < -0.4 is 10.5 Å². The lowest BCUT2D eigenvalue weighted by atomic mass is 10.1. The number of nitrogen functional groups attached to an aromatic ring is 1. The highest BCUT2D eigenvalue weighted by atomic mass is 16.6.